The van der Waals surface area contributed by atoms with Crippen molar-refractivity contribution in [2.24, 2.45) is 0 Å². The Bertz CT molecular complexity index is 1810. The summed E-state index contributed by atoms with van der Waals surface area (Å²) in [6.07, 6.45) is 0. The predicted molar refractivity (Wildman–Crippen MR) is 147 cm³/mol. The number of benzene rings is 5. The molecule has 0 aliphatic heterocycles. The molecule has 0 aliphatic rings. The van der Waals surface area contributed by atoms with Crippen LogP contribution in [0, 0.1) is 0 Å². The van der Waals surface area contributed by atoms with E-state index in [2.05, 4.69) is 18.2 Å². The van der Waals surface area contributed by atoms with E-state index in [9.17, 15) is 0 Å². The summed E-state index contributed by atoms with van der Waals surface area (Å²) in [6, 6.07) is 40.2. The van der Waals surface area contributed by atoms with E-state index in [0.29, 0.717) is 23.4 Å². The highest BCUT2D eigenvalue weighted by atomic mass is 16.3. The van der Waals surface area contributed by atoms with Gasteiger partial charge in [0, 0.05) is 27.6 Å². The molecule has 5 aromatic carbocycles. The van der Waals surface area contributed by atoms with Crippen LogP contribution in [0.25, 0.3) is 67.5 Å². The molecule has 2 heterocycles. The number of oxazole rings is 1. The fourth-order valence-corrected chi connectivity index (χ4v) is 4.50. The lowest BCUT2D eigenvalue weighted by Crippen LogP contribution is -2.00. The molecular formula is C32H20N4O. The Balaban J connectivity index is 1.37. The molecule has 0 spiro atoms. The molecule has 2 aromatic heterocycles. The number of hydrogen-bond donors (Lipinski definition) is 0. The van der Waals surface area contributed by atoms with Crippen LogP contribution in [-0.2, 0) is 0 Å². The zero-order chi connectivity index (χ0) is 24.6. The molecular weight excluding hydrogens is 456 g/mol. The summed E-state index contributed by atoms with van der Waals surface area (Å²) in [7, 11) is 0. The third-order valence-electron chi connectivity index (χ3n) is 6.35. The van der Waals surface area contributed by atoms with E-state index < -0.39 is 0 Å². The molecule has 0 bridgehead atoms. The van der Waals surface area contributed by atoms with Gasteiger partial charge < -0.3 is 4.42 Å². The minimum atomic E-state index is 0.615. The quantitative estimate of drug-likeness (QED) is 0.259. The highest BCUT2D eigenvalue weighted by molar-refractivity contribution is 6.05. The summed E-state index contributed by atoms with van der Waals surface area (Å²) < 4.78 is 6.06. The normalized spacial score (nSPS) is 11.2. The van der Waals surface area contributed by atoms with Crippen molar-refractivity contribution < 1.29 is 4.42 Å². The summed E-state index contributed by atoms with van der Waals surface area (Å²) >= 11 is 0. The Kier molecular flexibility index (Phi) is 5.03. The van der Waals surface area contributed by atoms with Crippen LogP contribution >= 0.6 is 0 Å². The van der Waals surface area contributed by atoms with Gasteiger partial charge in [-0.2, -0.15) is 0 Å². The lowest BCUT2D eigenvalue weighted by molar-refractivity contribution is 0.620. The summed E-state index contributed by atoms with van der Waals surface area (Å²) in [5, 5.41) is 2.06. The summed E-state index contributed by atoms with van der Waals surface area (Å²) in [5.74, 6) is 2.53. The van der Waals surface area contributed by atoms with Crippen LogP contribution in [0.1, 0.15) is 0 Å². The highest BCUT2D eigenvalue weighted by Gasteiger charge is 2.15. The molecule has 0 saturated carbocycles. The van der Waals surface area contributed by atoms with E-state index in [4.69, 9.17) is 24.4 Å². The first kappa shape index (κ1) is 21.1. The van der Waals surface area contributed by atoms with Gasteiger partial charge >= 0.3 is 0 Å². The van der Waals surface area contributed by atoms with Crippen molar-refractivity contribution in [3.05, 3.63) is 121 Å². The third kappa shape index (κ3) is 3.93. The summed E-state index contributed by atoms with van der Waals surface area (Å²) in [6.45, 7) is 0. The van der Waals surface area contributed by atoms with Gasteiger partial charge in [0.2, 0.25) is 5.89 Å². The topological polar surface area (TPSA) is 64.7 Å². The summed E-state index contributed by atoms with van der Waals surface area (Å²) in [4.78, 5) is 19.3. The fraction of sp³-hybridized carbons (Fsp3) is 0. The highest BCUT2D eigenvalue weighted by Crippen LogP contribution is 2.32. The first-order chi connectivity index (χ1) is 18.3. The second kappa shape index (κ2) is 8.81. The van der Waals surface area contributed by atoms with Crippen molar-refractivity contribution >= 4 is 21.9 Å². The Morgan fingerprint density at radius 3 is 1.57 bits per heavy atom. The van der Waals surface area contributed by atoms with Crippen LogP contribution in [0.2, 0.25) is 0 Å². The Hall–Kier alpha value is -5.16. The SMILES string of the molecule is c1ccc(-c2nc(-c3ccccc3)nc(-c3ccc4c(ccc5oc(-c6ccccc6)nc54)c3)n2)cc1. The minimum absolute atomic E-state index is 0.615. The molecule has 7 aromatic rings. The molecule has 37 heavy (non-hydrogen) atoms. The van der Waals surface area contributed by atoms with E-state index in [1.54, 1.807) is 0 Å². The molecule has 0 unspecified atom stereocenters. The molecule has 7 rings (SSSR count). The molecule has 0 saturated heterocycles. The standard InChI is InChI=1S/C32H20N4O/c1-4-10-21(11-5-1)29-34-30(22-12-6-2-7-13-22)36-31(35-29)25-16-18-26-24(20-25)17-19-27-28(26)33-32(37-27)23-14-8-3-9-15-23/h1-20H. The van der Waals surface area contributed by atoms with Crippen LogP contribution in [-0.4, -0.2) is 19.9 Å². The van der Waals surface area contributed by atoms with E-state index in [1.165, 1.54) is 0 Å². The Labute approximate surface area is 213 Å². The van der Waals surface area contributed by atoms with Crippen molar-refractivity contribution in [3.63, 3.8) is 0 Å². The van der Waals surface area contributed by atoms with Crippen molar-refractivity contribution in [1.82, 2.24) is 19.9 Å². The van der Waals surface area contributed by atoms with Crippen molar-refractivity contribution in [2.45, 2.75) is 0 Å². The maximum absolute atomic E-state index is 6.06. The van der Waals surface area contributed by atoms with Gasteiger partial charge in [-0.1, -0.05) is 97.1 Å². The maximum atomic E-state index is 6.06. The monoisotopic (exact) mass is 476 g/mol. The van der Waals surface area contributed by atoms with Gasteiger partial charge in [0.25, 0.3) is 0 Å². The van der Waals surface area contributed by atoms with Gasteiger partial charge in [-0.3, -0.25) is 0 Å². The summed E-state index contributed by atoms with van der Waals surface area (Å²) in [5.41, 5.74) is 5.36. The van der Waals surface area contributed by atoms with Crippen LogP contribution in [0.5, 0.6) is 0 Å². The lowest BCUT2D eigenvalue weighted by atomic mass is 10.1. The average Bonchev–Trinajstić information content (AvgIpc) is 3.43. The number of nitrogens with zero attached hydrogens (tertiary/aromatic N) is 4. The smallest absolute Gasteiger partial charge is 0.227 e. The molecule has 0 aliphatic carbocycles. The van der Waals surface area contributed by atoms with Crippen molar-refractivity contribution in [3.8, 4) is 45.6 Å². The van der Waals surface area contributed by atoms with Crippen molar-refractivity contribution in [1.29, 1.82) is 0 Å². The van der Waals surface area contributed by atoms with Gasteiger partial charge in [-0.25, -0.2) is 19.9 Å². The Morgan fingerprint density at radius 1 is 0.432 bits per heavy atom. The van der Waals surface area contributed by atoms with Gasteiger partial charge in [0.1, 0.15) is 5.52 Å². The van der Waals surface area contributed by atoms with Crippen LogP contribution in [0.15, 0.2) is 126 Å². The molecule has 0 fully saturated rings. The first-order valence-electron chi connectivity index (χ1n) is 12.1. The van der Waals surface area contributed by atoms with Crippen LogP contribution < -0.4 is 0 Å². The molecule has 0 N–H and O–H groups in total. The molecule has 174 valence electrons. The van der Waals surface area contributed by atoms with Crippen LogP contribution in [0.3, 0.4) is 0 Å². The number of fused-ring (bicyclic) bond motifs is 3. The zero-order valence-electron chi connectivity index (χ0n) is 19.7. The largest absolute Gasteiger partial charge is 0.436 e. The maximum Gasteiger partial charge on any atom is 0.227 e. The van der Waals surface area contributed by atoms with Gasteiger partial charge in [0.15, 0.2) is 23.1 Å². The number of hydrogen-bond acceptors (Lipinski definition) is 5. The Morgan fingerprint density at radius 2 is 0.973 bits per heavy atom. The van der Waals surface area contributed by atoms with Gasteiger partial charge in [-0.15, -0.1) is 0 Å². The zero-order valence-corrected chi connectivity index (χ0v) is 19.7. The van der Waals surface area contributed by atoms with Crippen LogP contribution in [0.4, 0.5) is 0 Å². The lowest BCUT2D eigenvalue weighted by Gasteiger charge is -2.09. The first-order valence-corrected chi connectivity index (χ1v) is 12.1. The fourth-order valence-electron chi connectivity index (χ4n) is 4.50. The molecule has 0 amide bonds. The average molecular weight is 477 g/mol. The minimum Gasteiger partial charge on any atom is -0.436 e. The molecule has 5 nitrogen and oxygen atoms in total. The van der Waals surface area contributed by atoms with E-state index >= 15 is 0 Å². The van der Waals surface area contributed by atoms with Gasteiger partial charge in [0.05, 0.1) is 0 Å². The second-order valence-electron chi connectivity index (χ2n) is 8.77. The molecule has 5 heteroatoms. The number of aromatic nitrogens is 4. The predicted octanol–water partition coefficient (Wildman–Crippen LogP) is 7.83. The van der Waals surface area contributed by atoms with Gasteiger partial charge in [-0.05, 0) is 29.7 Å². The van der Waals surface area contributed by atoms with Crippen molar-refractivity contribution in [2.75, 3.05) is 0 Å². The van der Waals surface area contributed by atoms with E-state index in [0.717, 1.165) is 44.1 Å². The third-order valence-corrected chi connectivity index (χ3v) is 6.35. The van der Waals surface area contributed by atoms with E-state index in [-0.39, 0.29) is 0 Å². The molecule has 0 atom stereocenters. The second-order valence-corrected chi connectivity index (χ2v) is 8.77. The molecule has 0 radical (unpaired) electrons. The number of rotatable bonds is 4. The van der Waals surface area contributed by atoms with E-state index in [1.807, 2.05) is 103 Å².